The van der Waals surface area contributed by atoms with E-state index in [9.17, 15) is 9.59 Å². The number of hydrogen-bond acceptors (Lipinski definition) is 2. The second kappa shape index (κ2) is 8.04. The summed E-state index contributed by atoms with van der Waals surface area (Å²) >= 11 is 0. The fraction of sp³-hybridized carbons (Fsp3) is 0.400. The minimum absolute atomic E-state index is 0.111. The van der Waals surface area contributed by atoms with Gasteiger partial charge in [0.05, 0.1) is 0 Å². The van der Waals surface area contributed by atoms with Gasteiger partial charge in [-0.1, -0.05) is 13.2 Å². The monoisotopic (exact) mass is 198 g/mol. The van der Waals surface area contributed by atoms with Gasteiger partial charge in [-0.15, -0.1) is 0 Å². The van der Waals surface area contributed by atoms with Crippen molar-refractivity contribution in [2.24, 2.45) is 5.73 Å². The predicted octanol–water partition coefficient (Wildman–Crippen LogP) is 0.745. The molecule has 0 heterocycles. The lowest BCUT2D eigenvalue weighted by Crippen LogP contribution is -2.27. The number of primary amides is 1. The summed E-state index contributed by atoms with van der Waals surface area (Å²) in [6.07, 6.45) is 1.26. The van der Waals surface area contributed by atoms with E-state index in [0.717, 1.165) is 0 Å². The minimum Gasteiger partial charge on any atom is -0.366 e. The Labute approximate surface area is 84.9 Å². The summed E-state index contributed by atoms with van der Waals surface area (Å²) in [6.45, 7) is 12.0. The van der Waals surface area contributed by atoms with Gasteiger partial charge in [-0.05, 0) is 26.8 Å². The lowest BCUT2D eigenvalue weighted by molar-refractivity contribution is -0.117. The van der Waals surface area contributed by atoms with Gasteiger partial charge in [-0.25, -0.2) is 0 Å². The van der Waals surface area contributed by atoms with Crippen LogP contribution in [0.25, 0.3) is 0 Å². The van der Waals surface area contributed by atoms with Crippen molar-refractivity contribution in [3.05, 3.63) is 24.8 Å². The molecule has 0 rings (SSSR count). The van der Waals surface area contributed by atoms with Gasteiger partial charge in [0.1, 0.15) is 0 Å². The summed E-state index contributed by atoms with van der Waals surface area (Å²) in [6, 6.07) is 0.209. The first-order valence-electron chi connectivity index (χ1n) is 4.19. The molecule has 4 nitrogen and oxygen atoms in total. The van der Waals surface area contributed by atoms with Crippen LogP contribution in [-0.4, -0.2) is 17.9 Å². The molecule has 0 aromatic rings. The van der Waals surface area contributed by atoms with E-state index in [1.54, 1.807) is 6.92 Å². The quantitative estimate of drug-likeness (QED) is 0.657. The maximum Gasteiger partial charge on any atom is 0.243 e. The SMILES string of the molecule is C=C(C)C(N)=O.C=CC(=O)NC(C)C. The van der Waals surface area contributed by atoms with Gasteiger partial charge in [-0.3, -0.25) is 9.59 Å². The number of hydrogen-bond donors (Lipinski definition) is 2. The van der Waals surface area contributed by atoms with Crippen molar-refractivity contribution in [3.8, 4) is 0 Å². The molecule has 0 radical (unpaired) electrons. The zero-order chi connectivity index (χ0) is 11.7. The van der Waals surface area contributed by atoms with E-state index in [2.05, 4.69) is 18.5 Å². The Morgan fingerprint density at radius 1 is 1.43 bits per heavy atom. The summed E-state index contributed by atoms with van der Waals surface area (Å²) in [5.41, 5.74) is 5.09. The molecule has 0 spiro atoms. The maximum atomic E-state index is 10.4. The van der Waals surface area contributed by atoms with Gasteiger partial charge in [0.25, 0.3) is 0 Å². The summed E-state index contributed by atoms with van der Waals surface area (Å²) in [5.74, 6) is -0.546. The van der Waals surface area contributed by atoms with Gasteiger partial charge in [0.15, 0.2) is 0 Å². The standard InChI is InChI=1S/C6H11NO.C4H7NO/c1-4-6(8)7-5(2)3;1-3(2)4(5)6/h4-5H,1H2,2-3H3,(H,7,8);1H2,2H3,(H2,5,6). The first kappa shape index (κ1) is 14.9. The number of carbonyl (C=O) groups is 2. The van der Waals surface area contributed by atoms with E-state index in [-0.39, 0.29) is 11.9 Å². The van der Waals surface area contributed by atoms with Crippen molar-refractivity contribution in [2.75, 3.05) is 0 Å². The molecule has 0 aromatic carbocycles. The number of rotatable bonds is 3. The second-order valence-electron chi connectivity index (χ2n) is 3.01. The van der Waals surface area contributed by atoms with Crippen LogP contribution in [-0.2, 0) is 9.59 Å². The molecule has 0 aliphatic heterocycles. The molecule has 4 heteroatoms. The van der Waals surface area contributed by atoms with Crippen LogP contribution in [0.5, 0.6) is 0 Å². The fourth-order valence-corrected chi connectivity index (χ4v) is 0.343. The Balaban J connectivity index is 0. The Hall–Kier alpha value is -1.58. The molecule has 14 heavy (non-hydrogen) atoms. The molecule has 0 atom stereocenters. The van der Waals surface area contributed by atoms with Crippen LogP contribution in [0.1, 0.15) is 20.8 Å². The number of amides is 2. The van der Waals surface area contributed by atoms with Crippen LogP contribution in [0.4, 0.5) is 0 Å². The van der Waals surface area contributed by atoms with Crippen LogP contribution in [0.3, 0.4) is 0 Å². The average molecular weight is 198 g/mol. The van der Waals surface area contributed by atoms with Crippen LogP contribution in [0, 0.1) is 0 Å². The van der Waals surface area contributed by atoms with Crippen molar-refractivity contribution in [1.29, 1.82) is 0 Å². The Kier molecular flexibility index (Phi) is 8.57. The van der Waals surface area contributed by atoms with E-state index in [0.29, 0.717) is 5.57 Å². The van der Waals surface area contributed by atoms with E-state index < -0.39 is 5.91 Å². The highest BCUT2D eigenvalue weighted by atomic mass is 16.1. The normalized spacial score (nSPS) is 8.29. The number of nitrogens with one attached hydrogen (secondary N) is 1. The van der Waals surface area contributed by atoms with Crippen molar-refractivity contribution in [1.82, 2.24) is 5.32 Å². The third-order valence-electron chi connectivity index (χ3n) is 1.04. The van der Waals surface area contributed by atoms with Gasteiger partial charge in [0.2, 0.25) is 11.8 Å². The smallest absolute Gasteiger partial charge is 0.243 e. The Morgan fingerprint density at radius 2 is 1.79 bits per heavy atom. The molecular formula is C10H18N2O2. The largest absolute Gasteiger partial charge is 0.366 e. The topological polar surface area (TPSA) is 72.2 Å². The van der Waals surface area contributed by atoms with Gasteiger partial charge < -0.3 is 11.1 Å². The third-order valence-corrected chi connectivity index (χ3v) is 1.04. The summed E-state index contributed by atoms with van der Waals surface area (Å²) < 4.78 is 0. The highest BCUT2D eigenvalue weighted by Crippen LogP contribution is 1.78. The molecular weight excluding hydrogens is 180 g/mol. The van der Waals surface area contributed by atoms with E-state index >= 15 is 0 Å². The van der Waals surface area contributed by atoms with Crippen LogP contribution in [0.15, 0.2) is 24.8 Å². The number of nitrogens with two attached hydrogens (primary N) is 1. The lowest BCUT2D eigenvalue weighted by atomic mass is 10.3. The maximum absolute atomic E-state index is 10.4. The second-order valence-corrected chi connectivity index (χ2v) is 3.01. The molecule has 0 unspecified atom stereocenters. The molecule has 0 fully saturated rings. The first-order valence-corrected chi connectivity index (χ1v) is 4.19. The summed E-state index contributed by atoms with van der Waals surface area (Å²) in [7, 11) is 0. The molecule has 3 N–H and O–H groups in total. The van der Waals surface area contributed by atoms with E-state index in [1.165, 1.54) is 6.08 Å². The molecule has 0 aromatic heterocycles. The number of carbonyl (C=O) groups excluding carboxylic acids is 2. The molecule has 0 saturated heterocycles. The zero-order valence-electron chi connectivity index (χ0n) is 8.96. The van der Waals surface area contributed by atoms with E-state index in [4.69, 9.17) is 5.73 Å². The van der Waals surface area contributed by atoms with Crippen molar-refractivity contribution in [2.45, 2.75) is 26.8 Å². The fourth-order valence-electron chi connectivity index (χ4n) is 0.343. The molecule has 0 bridgehead atoms. The molecule has 2 amide bonds. The van der Waals surface area contributed by atoms with Gasteiger partial charge in [-0.2, -0.15) is 0 Å². The molecule has 0 saturated carbocycles. The zero-order valence-corrected chi connectivity index (χ0v) is 8.96. The summed E-state index contributed by atoms with van der Waals surface area (Å²) in [5, 5.41) is 2.64. The Bertz CT molecular complexity index is 220. The van der Waals surface area contributed by atoms with Crippen molar-refractivity contribution < 1.29 is 9.59 Å². The highest BCUT2D eigenvalue weighted by Gasteiger charge is 1.93. The van der Waals surface area contributed by atoms with Gasteiger partial charge in [0, 0.05) is 11.6 Å². The molecule has 0 aliphatic rings. The van der Waals surface area contributed by atoms with Crippen LogP contribution >= 0.6 is 0 Å². The van der Waals surface area contributed by atoms with E-state index in [1.807, 2.05) is 13.8 Å². The van der Waals surface area contributed by atoms with Crippen LogP contribution in [0.2, 0.25) is 0 Å². The lowest BCUT2D eigenvalue weighted by Gasteiger charge is -2.02. The molecule has 0 aliphatic carbocycles. The molecule has 80 valence electrons. The highest BCUT2D eigenvalue weighted by molar-refractivity contribution is 5.90. The van der Waals surface area contributed by atoms with Gasteiger partial charge >= 0.3 is 0 Å². The van der Waals surface area contributed by atoms with Crippen LogP contribution < -0.4 is 11.1 Å². The van der Waals surface area contributed by atoms with Crippen molar-refractivity contribution >= 4 is 11.8 Å². The first-order chi connectivity index (χ1) is 6.31. The third kappa shape index (κ3) is 13.0. The summed E-state index contributed by atoms with van der Waals surface area (Å²) in [4.78, 5) is 20.2. The minimum atomic E-state index is -0.435. The van der Waals surface area contributed by atoms with Crippen molar-refractivity contribution in [3.63, 3.8) is 0 Å². The average Bonchev–Trinajstić information content (AvgIpc) is 2.04. The predicted molar refractivity (Wildman–Crippen MR) is 57.5 cm³/mol. The Morgan fingerprint density at radius 3 is 1.86 bits per heavy atom.